The Balaban J connectivity index is 2.20. The van der Waals surface area contributed by atoms with Crippen molar-refractivity contribution in [2.45, 2.75) is 19.5 Å². The minimum Gasteiger partial charge on any atom is -0.298 e. The molecule has 2 nitrogen and oxygen atoms in total. The number of fused-ring (bicyclic) bond motifs is 2. The molecule has 0 heterocycles. The van der Waals surface area contributed by atoms with Crippen LogP contribution in [-0.2, 0) is 6.54 Å². The fraction of sp³-hybridized carbons (Fsp3) is 0.167. The minimum atomic E-state index is -0.146. The Bertz CT molecular complexity index is 745. The van der Waals surface area contributed by atoms with Gasteiger partial charge in [-0.25, -0.2) is 0 Å². The zero-order valence-corrected chi connectivity index (χ0v) is 11.4. The van der Waals surface area contributed by atoms with Crippen LogP contribution in [0.4, 0.5) is 0 Å². The quantitative estimate of drug-likeness (QED) is 0.723. The average molecular weight is 260 g/mol. The minimum absolute atomic E-state index is 0.146. The summed E-state index contributed by atoms with van der Waals surface area (Å²) >= 11 is 0. The van der Waals surface area contributed by atoms with Crippen LogP contribution in [0.5, 0.6) is 0 Å². The fourth-order valence-corrected chi connectivity index (χ4v) is 2.60. The van der Waals surface area contributed by atoms with Crippen LogP contribution in [-0.4, -0.2) is 6.04 Å². The SMILES string of the molecule is C[C@H](C#N)NCc1c2ccccc2cc2ccccc12. The third kappa shape index (κ3) is 2.24. The number of hydrogen-bond donors (Lipinski definition) is 1. The van der Waals surface area contributed by atoms with E-state index in [0.717, 1.165) is 0 Å². The molecule has 98 valence electrons. The first-order valence-corrected chi connectivity index (χ1v) is 6.82. The second kappa shape index (κ2) is 5.32. The van der Waals surface area contributed by atoms with Crippen molar-refractivity contribution in [1.29, 1.82) is 5.26 Å². The van der Waals surface area contributed by atoms with E-state index in [1.807, 2.05) is 6.92 Å². The largest absolute Gasteiger partial charge is 0.298 e. The van der Waals surface area contributed by atoms with Gasteiger partial charge in [0.2, 0.25) is 0 Å². The van der Waals surface area contributed by atoms with Crippen LogP contribution < -0.4 is 5.32 Å². The number of nitrogens with one attached hydrogen (secondary N) is 1. The molecule has 3 rings (SSSR count). The third-order valence-electron chi connectivity index (χ3n) is 3.66. The lowest BCUT2D eigenvalue weighted by Gasteiger charge is -2.13. The summed E-state index contributed by atoms with van der Waals surface area (Å²) in [4.78, 5) is 0. The van der Waals surface area contributed by atoms with Gasteiger partial charge in [0.15, 0.2) is 0 Å². The van der Waals surface area contributed by atoms with Crippen molar-refractivity contribution in [1.82, 2.24) is 5.32 Å². The standard InChI is InChI=1S/C18H16N2/c1-13(11-19)20-12-18-16-8-4-2-6-14(16)10-15-7-3-5-9-17(15)18/h2-10,13,20H,12H2,1H3/t13-/m1/s1. The Hall–Kier alpha value is -2.37. The molecule has 0 bridgehead atoms. The van der Waals surface area contributed by atoms with Crippen molar-refractivity contribution < 1.29 is 0 Å². The maximum absolute atomic E-state index is 8.93. The van der Waals surface area contributed by atoms with Crippen molar-refractivity contribution in [2.75, 3.05) is 0 Å². The molecule has 1 N–H and O–H groups in total. The molecule has 0 amide bonds. The van der Waals surface area contributed by atoms with Gasteiger partial charge in [-0.1, -0.05) is 48.5 Å². The van der Waals surface area contributed by atoms with Crippen LogP contribution >= 0.6 is 0 Å². The van der Waals surface area contributed by atoms with Gasteiger partial charge in [-0.15, -0.1) is 0 Å². The highest BCUT2D eigenvalue weighted by Gasteiger charge is 2.08. The highest BCUT2D eigenvalue weighted by Crippen LogP contribution is 2.28. The molecule has 0 aliphatic carbocycles. The highest BCUT2D eigenvalue weighted by molar-refractivity contribution is 6.02. The lowest BCUT2D eigenvalue weighted by atomic mass is 9.96. The van der Waals surface area contributed by atoms with Gasteiger partial charge in [0.05, 0.1) is 12.1 Å². The Labute approximate surface area is 118 Å². The molecule has 0 spiro atoms. The summed E-state index contributed by atoms with van der Waals surface area (Å²) in [5.74, 6) is 0. The molecular formula is C18H16N2. The molecular weight excluding hydrogens is 244 g/mol. The van der Waals surface area contributed by atoms with E-state index in [2.05, 4.69) is 66.0 Å². The van der Waals surface area contributed by atoms with E-state index >= 15 is 0 Å². The van der Waals surface area contributed by atoms with Gasteiger partial charge in [0.25, 0.3) is 0 Å². The molecule has 0 aliphatic heterocycles. The Morgan fingerprint density at radius 2 is 1.55 bits per heavy atom. The lowest BCUT2D eigenvalue weighted by molar-refractivity contribution is 0.647. The van der Waals surface area contributed by atoms with Gasteiger partial charge < -0.3 is 0 Å². The molecule has 3 aromatic carbocycles. The summed E-state index contributed by atoms with van der Waals surface area (Å²) in [6.45, 7) is 2.59. The molecule has 0 aliphatic rings. The lowest BCUT2D eigenvalue weighted by Crippen LogP contribution is -2.23. The van der Waals surface area contributed by atoms with Gasteiger partial charge in [0.1, 0.15) is 0 Å². The maximum atomic E-state index is 8.93. The van der Waals surface area contributed by atoms with Gasteiger partial charge in [-0.05, 0) is 40.1 Å². The summed E-state index contributed by atoms with van der Waals surface area (Å²) in [5, 5.41) is 17.2. The highest BCUT2D eigenvalue weighted by atomic mass is 14.9. The van der Waals surface area contributed by atoms with E-state index in [4.69, 9.17) is 5.26 Å². The first kappa shape index (κ1) is 12.7. The smallest absolute Gasteiger partial charge is 0.0927 e. The summed E-state index contributed by atoms with van der Waals surface area (Å²) in [6, 6.07) is 21.1. The molecule has 0 fully saturated rings. The Morgan fingerprint density at radius 1 is 1.00 bits per heavy atom. The van der Waals surface area contributed by atoms with Gasteiger partial charge >= 0.3 is 0 Å². The molecule has 3 aromatic rings. The van der Waals surface area contributed by atoms with Crippen LogP contribution in [0, 0.1) is 11.3 Å². The number of hydrogen-bond acceptors (Lipinski definition) is 2. The monoisotopic (exact) mass is 260 g/mol. The predicted octanol–water partition coefficient (Wildman–Crippen LogP) is 3.99. The van der Waals surface area contributed by atoms with E-state index < -0.39 is 0 Å². The summed E-state index contributed by atoms with van der Waals surface area (Å²) in [7, 11) is 0. The fourth-order valence-electron chi connectivity index (χ4n) is 2.60. The van der Waals surface area contributed by atoms with Crippen molar-refractivity contribution >= 4 is 21.5 Å². The molecule has 0 saturated carbocycles. The van der Waals surface area contributed by atoms with Crippen LogP contribution in [0.25, 0.3) is 21.5 Å². The van der Waals surface area contributed by atoms with Crippen molar-refractivity contribution in [3.8, 4) is 6.07 Å². The maximum Gasteiger partial charge on any atom is 0.0927 e. The van der Waals surface area contributed by atoms with E-state index in [1.165, 1.54) is 27.1 Å². The second-order valence-corrected chi connectivity index (χ2v) is 5.03. The van der Waals surface area contributed by atoms with E-state index in [0.29, 0.717) is 6.54 Å². The number of rotatable bonds is 3. The topological polar surface area (TPSA) is 35.8 Å². The summed E-state index contributed by atoms with van der Waals surface area (Å²) in [5.41, 5.74) is 1.26. The summed E-state index contributed by atoms with van der Waals surface area (Å²) < 4.78 is 0. The summed E-state index contributed by atoms with van der Waals surface area (Å²) in [6.07, 6.45) is 0. The van der Waals surface area contributed by atoms with Crippen molar-refractivity contribution in [3.63, 3.8) is 0 Å². The van der Waals surface area contributed by atoms with Crippen molar-refractivity contribution in [3.05, 3.63) is 60.2 Å². The Kier molecular flexibility index (Phi) is 3.37. The van der Waals surface area contributed by atoms with Crippen LogP contribution in [0.15, 0.2) is 54.6 Å². The number of nitrogens with zero attached hydrogens (tertiary/aromatic N) is 1. The van der Waals surface area contributed by atoms with Gasteiger partial charge in [-0.3, -0.25) is 5.32 Å². The van der Waals surface area contributed by atoms with Crippen LogP contribution in [0.2, 0.25) is 0 Å². The molecule has 2 heteroatoms. The average Bonchev–Trinajstić information content (AvgIpc) is 2.51. The van der Waals surface area contributed by atoms with Crippen LogP contribution in [0.3, 0.4) is 0 Å². The molecule has 20 heavy (non-hydrogen) atoms. The number of nitriles is 1. The zero-order valence-electron chi connectivity index (χ0n) is 11.4. The van der Waals surface area contributed by atoms with E-state index in [9.17, 15) is 0 Å². The first-order valence-electron chi connectivity index (χ1n) is 6.82. The van der Waals surface area contributed by atoms with E-state index in [-0.39, 0.29) is 6.04 Å². The van der Waals surface area contributed by atoms with E-state index in [1.54, 1.807) is 0 Å². The zero-order chi connectivity index (χ0) is 13.9. The second-order valence-electron chi connectivity index (χ2n) is 5.03. The van der Waals surface area contributed by atoms with Crippen LogP contribution in [0.1, 0.15) is 12.5 Å². The Morgan fingerprint density at radius 3 is 2.10 bits per heavy atom. The normalized spacial score (nSPS) is 12.4. The molecule has 1 atom stereocenters. The molecule has 0 aromatic heterocycles. The molecule has 0 unspecified atom stereocenters. The first-order chi connectivity index (χ1) is 9.79. The number of benzene rings is 3. The van der Waals surface area contributed by atoms with Gasteiger partial charge in [-0.2, -0.15) is 5.26 Å². The van der Waals surface area contributed by atoms with Crippen molar-refractivity contribution in [2.24, 2.45) is 0 Å². The predicted molar refractivity (Wildman–Crippen MR) is 83.4 cm³/mol. The molecule has 0 radical (unpaired) electrons. The van der Waals surface area contributed by atoms with Gasteiger partial charge in [0, 0.05) is 6.54 Å². The molecule has 0 saturated heterocycles. The third-order valence-corrected chi connectivity index (χ3v) is 3.66.